The van der Waals surface area contributed by atoms with E-state index in [2.05, 4.69) is 14.9 Å². The molecule has 1 aromatic carbocycles. The van der Waals surface area contributed by atoms with Gasteiger partial charge in [-0.2, -0.15) is 0 Å². The fourth-order valence-electron chi connectivity index (χ4n) is 2.36. The molecule has 0 aliphatic heterocycles. The molecule has 1 aliphatic carbocycles. The largest absolute Gasteiger partial charge is 0.497 e. The average molecular weight is 301 g/mol. The number of rotatable bonds is 6. The minimum absolute atomic E-state index is 0.364. The summed E-state index contributed by atoms with van der Waals surface area (Å²) in [5.74, 6) is 0.262. The van der Waals surface area contributed by atoms with Crippen molar-refractivity contribution in [1.82, 2.24) is 14.9 Å². The fourth-order valence-corrected chi connectivity index (χ4v) is 2.36. The summed E-state index contributed by atoms with van der Waals surface area (Å²) in [4.78, 5) is 16.2. The van der Waals surface area contributed by atoms with Crippen molar-refractivity contribution in [2.24, 2.45) is 0 Å². The Kier molecular flexibility index (Phi) is 4.11. The maximum Gasteiger partial charge on any atom is 0.253 e. The third kappa shape index (κ3) is 3.12. The standard InChI is InChI=1S/C16H19N3O3/c1-22-14-6-2-11(3-7-14)15(20)16(21)18-9-13-8-17-10-19(13)12-4-5-12/h2-3,6-8,10,12,15,20H,4-5,9H2,1H3,(H,18,21). The summed E-state index contributed by atoms with van der Waals surface area (Å²) in [5.41, 5.74) is 1.49. The van der Waals surface area contributed by atoms with Crippen molar-refractivity contribution in [1.29, 1.82) is 0 Å². The smallest absolute Gasteiger partial charge is 0.253 e. The molecule has 3 rings (SSSR count). The quantitative estimate of drug-likeness (QED) is 0.849. The van der Waals surface area contributed by atoms with E-state index in [0.717, 1.165) is 18.5 Å². The first-order valence-electron chi connectivity index (χ1n) is 7.29. The van der Waals surface area contributed by atoms with Gasteiger partial charge in [0.25, 0.3) is 5.91 Å². The second-order valence-corrected chi connectivity index (χ2v) is 5.42. The number of carbonyl (C=O) groups excluding carboxylic acids is 1. The molecule has 6 nitrogen and oxygen atoms in total. The summed E-state index contributed by atoms with van der Waals surface area (Å²) in [6.45, 7) is 0.364. The van der Waals surface area contributed by atoms with Crippen LogP contribution in [-0.2, 0) is 11.3 Å². The van der Waals surface area contributed by atoms with Crippen LogP contribution >= 0.6 is 0 Å². The highest BCUT2D eigenvalue weighted by molar-refractivity contribution is 5.81. The van der Waals surface area contributed by atoms with Gasteiger partial charge in [0.05, 0.1) is 25.7 Å². The van der Waals surface area contributed by atoms with E-state index in [-0.39, 0.29) is 0 Å². The number of ether oxygens (including phenoxy) is 1. The van der Waals surface area contributed by atoms with Crippen LogP contribution in [0.1, 0.15) is 36.2 Å². The van der Waals surface area contributed by atoms with E-state index in [1.165, 1.54) is 0 Å². The molecule has 1 atom stereocenters. The lowest BCUT2D eigenvalue weighted by Crippen LogP contribution is -2.29. The minimum Gasteiger partial charge on any atom is -0.497 e. The molecular formula is C16H19N3O3. The third-order valence-corrected chi connectivity index (χ3v) is 3.81. The van der Waals surface area contributed by atoms with Crippen LogP contribution in [0.3, 0.4) is 0 Å². The van der Waals surface area contributed by atoms with Gasteiger partial charge in [-0.15, -0.1) is 0 Å². The number of aliphatic hydroxyl groups is 1. The number of benzene rings is 1. The Morgan fingerprint density at radius 1 is 1.45 bits per heavy atom. The monoisotopic (exact) mass is 301 g/mol. The van der Waals surface area contributed by atoms with Crippen molar-refractivity contribution in [2.45, 2.75) is 31.5 Å². The predicted molar refractivity (Wildman–Crippen MR) is 80.3 cm³/mol. The van der Waals surface area contributed by atoms with Crippen LogP contribution in [-0.4, -0.2) is 27.7 Å². The van der Waals surface area contributed by atoms with Crippen molar-refractivity contribution in [3.63, 3.8) is 0 Å². The van der Waals surface area contributed by atoms with E-state index < -0.39 is 12.0 Å². The van der Waals surface area contributed by atoms with Gasteiger partial charge in [-0.05, 0) is 30.5 Å². The van der Waals surface area contributed by atoms with E-state index in [4.69, 9.17) is 4.74 Å². The molecule has 1 aromatic heterocycles. The Bertz CT molecular complexity index is 647. The van der Waals surface area contributed by atoms with E-state index >= 15 is 0 Å². The Morgan fingerprint density at radius 3 is 2.82 bits per heavy atom. The van der Waals surface area contributed by atoms with E-state index in [9.17, 15) is 9.90 Å². The van der Waals surface area contributed by atoms with Crippen LogP contribution in [0.4, 0.5) is 0 Å². The number of imidazole rings is 1. The fraction of sp³-hybridized carbons (Fsp3) is 0.375. The van der Waals surface area contributed by atoms with Gasteiger partial charge in [-0.25, -0.2) is 4.98 Å². The lowest BCUT2D eigenvalue weighted by molar-refractivity contribution is -0.129. The van der Waals surface area contributed by atoms with Crippen molar-refractivity contribution in [3.8, 4) is 5.75 Å². The van der Waals surface area contributed by atoms with Crippen molar-refractivity contribution >= 4 is 5.91 Å². The van der Waals surface area contributed by atoms with Crippen LogP contribution < -0.4 is 10.1 Å². The summed E-state index contributed by atoms with van der Waals surface area (Å²) in [7, 11) is 1.57. The Hall–Kier alpha value is -2.34. The van der Waals surface area contributed by atoms with Gasteiger partial charge in [0.2, 0.25) is 0 Å². The Morgan fingerprint density at radius 2 is 2.18 bits per heavy atom. The number of nitrogens with zero attached hydrogens (tertiary/aromatic N) is 2. The molecule has 2 N–H and O–H groups in total. The van der Waals surface area contributed by atoms with Crippen LogP contribution in [0.25, 0.3) is 0 Å². The maximum atomic E-state index is 12.1. The summed E-state index contributed by atoms with van der Waals surface area (Å²) in [6, 6.07) is 7.30. The first-order valence-corrected chi connectivity index (χ1v) is 7.29. The molecule has 0 radical (unpaired) electrons. The lowest BCUT2D eigenvalue weighted by atomic mass is 10.1. The average Bonchev–Trinajstić information content (AvgIpc) is 3.30. The molecule has 22 heavy (non-hydrogen) atoms. The third-order valence-electron chi connectivity index (χ3n) is 3.81. The first-order chi connectivity index (χ1) is 10.7. The zero-order valence-corrected chi connectivity index (χ0v) is 12.4. The molecular weight excluding hydrogens is 282 g/mol. The molecule has 2 aromatic rings. The normalized spacial score (nSPS) is 15.4. The second-order valence-electron chi connectivity index (χ2n) is 5.42. The zero-order valence-electron chi connectivity index (χ0n) is 12.4. The molecule has 0 spiro atoms. The van der Waals surface area contributed by atoms with E-state index in [0.29, 0.717) is 23.9 Å². The van der Waals surface area contributed by atoms with Crippen molar-refractivity contribution in [3.05, 3.63) is 48.0 Å². The van der Waals surface area contributed by atoms with Gasteiger partial charge in [-0.3, -0.25) is 4.79 Å². The van der Waals surface area contributed by atoms with Gasteiger partial charge < -0.3 is 19.7 Å². The van der Waals surface area contributed by atoms with Crippen molar-refractivity contribution < 1.29 is 14.6 Å². The highest BCUT2D eigenvalue weighted by Gasteiger charge is 2.25. The van der Waals surface area contributed by atoms with Gasteiger partial charge in [0, 0.05) is 12.2 Å². The molecule has 0 bridgehead atoms. The number of hydrogen-bond acceptors (Lipinski definition) is 4. The van der Waals surface area contributed by atoms with Crippen molar-refractivity contribution in [2.75, 3.05) is 7.11 Å². The molecule has 1 heterocycles. The number of carbonyl (C=O) groups is 1. The van der Waals surface area contributed by atoms with E-state index in [1.54, 1.807) is 43.9 Å². The Labute approximate surface area is 128 Å². The van der Waals surface area contributed by atoms with E-state index in [1.807, 2.05) is 0 Å². The number of aromatic nitrogens is 2. The molecule has 1 aliphatic rings. The Balaban J connectivity index is 1.59. The van der Waals surface area contributed by atoms with Gasteiger partial charge in [0.15, 0.2) is 6.10 Å². The number of amides is 1. The highest BCUT2D eigenvalue weighted by Crippen LogP contribution is 2.35. The lowest BCUT2D eigenvalue weighted by Gasteiger charge is -2.13. The second kappa shape index (κ2) is 6.19. The van der Waals surface area contributed by atoms with Gasteiger partial charge in [-0.1, -0.05) is 12.1 Å². The highest BCUT2D eigenvalue weighted by atomic mass is 16.5. The molecule has 0 saturated heterocycles. The summed E-state index contributed by atoms with van der Waals surface area (Å²) in [6.07, 6.45) is 4.66. The topological polar surface area (TPSA) is 76.4 Å². The number of hydrogen-bond donors (Lipinski definition) is 2. The molecule has 1 fully saturated rings. The molecule has 6 heteroatoms. The maximum absolute atomic E-state index is 12.1. The molecule has 1 amide bonds. The number of methoxy groups -OCH3 is 1. The molecule has 1 unspecified atom stereocenters. The summed E-state index contributed by atoms with van der Waals surface area (Å²) in [5, 5.41) is 12.9. The van der Waals surface area contributed by atoms with Gasteiger partial charge >= 0.3 is 0 Å². The predicted octanol–water partition coefficient (Wildman–Crippen LogP) is 1.58. The minimum atomic E-state index is -1.19. The van der Waals surface area contributed by atoms with Crippen LogP contribution in [0.5, 0.6) is 5.75 Å². The zero-order chi connectivity index (χ0) is 15.5. The summed E-state index contributed by atoms with van der Waals surface area (Å²) < 4.78 is 7.14. The summed E-state index contributed by atoms with van der Waals surface area (Å²) >= 11 is 0. The SMILES string of the molecule is COc1ccc(C(O)C(=O)NCc2cncn2C2CC2)cc1. The van der Waals surface area contributed by atoms with Crippen LogP contribution in [0.15, 0.2) is 36.8 Å². The molecule has 116 valence electrons. The number of aliphatic hydroxyl groups excluding tert-OH is 1. The first kappa shape index (κ1) is 14.6. The van der Waals surface area contributed by atoms with Gasteiger partial charge in [0.1, 0.15) is 5.75 Å². The van der Waals surface area contributed by atoms with Crippen LogP contribution in [0, 0.1) is 0 Å². The number of nitrogens with one attached hydrogen (secondary N) is 1. The van der Waals surface area contributed by atoms with Crippen LogP contribution in [0.2, 0.25) is 0 Å². The molecule has 1 saturated carbocycles.